The molecule has 0 radical (unpaired) electrons. The molecular formula is C32H38ClF2N3O4. The molecule has 42 heavy (non-hydrogen) atoms. The van der Waals surface area contributed by atoms with E-state index >= 15 is 4.39 Å². The van der Waals surface area contributed by atoms with Crippen LogP contribution in [0.5, 0.6) is 5.75 Å². The van der Waals surface area contributed by atoms with Gasteiger partial charge in [-0.05, 0) is 74.4 Å². The van der Waals surface area contributed by atoms with Crippen molar-refractivity contribution in [2.24, 2.45) is 5.41 Å². The predicted molar refractivity (Wildman–Crippen MR) is 161 cm³/mol. The largest absolute Gasteiger partial charge is 0.490 e. The zero-order valence-electron chi connectivity index (χ0n) is 24.6. The summed E-state index contributed by atoms with van der Waals surface area (Å²) in [6.07, 6.45) is 0.726. The monoisotopic (exact) mass is 601 g/mol. The number of carboxylic acids is 1. The summed E-state index contributed by atoms with van der Waals surface area (Å²) in [5.41, 5.74) is 8.04. The van der Waals surface area contributed by atoms with E-state index in [0.717, 1.165) is 18.4 Å². The second-order valence-corrected chi connectivity index (χ2v) is 12.8. The molecule has 1 atom stereocenters. The molecule has 1 unspecified atom stereocenters. The van der Waals surface area contributed by atoms with Gasteiger partial charge in [-0.2, -0.15) is 0 Å². The van der Waals surface area contributed by atoms with Crippen LogP contribution >= 0.6 is 11.6 Å². The van der Waals surface area contributed by atoms with Crippen LogP contribution in [0.3, 0.4) is 0 Å². The zero-order chi connectivity index (χ0) is 30.8. The molecule has 2 heterocycles. The topological polar surface area (TPSA) is 97.9 Å². The number of piperidine rings is 1. The molecule has 0 saturated carbocycles. The lowest BCUT2D eigenvalue weighted by Gasteiger charge is -2.41. The van der Waals surface area contributed by atoms with Crippen LogP contribution in [0, 0.1) is 17.0 Å². The summed E-state index contributed by atoms with van der Waals surface area (Å²) in [6, 6.07) is 10.5. The number of halogens is 3. The number of carbonyl (C=O) groups is 1. The predicted octanol–water partition coefficient (Wildman–Crippen LogP) is 7.45. The Morgan fingerprint density at radius 2 is 1.79 bits per heavy atom. The Kier molecular flexibility index (Phi) is 9.33. The average molecular weight is 602 g/mol. The Labute approximate surface area is 250 Å². The molecule has 0 bridgehead atoms. The fourth-order valence-electron chi connectivity index (χ4n) is 5.05. The molecule has 2 aromatic carbocycles. The molecule has 1 aliphatic heterocycles. The second-order valence-electron chi connectivity index (χ2n) is 12.4. The average Bonchev–Trinajstić information content (AvgIpc) is 2.89. The first-order valence-electron chi connectivity index (χ1n) is 14.0. The van der Waals surface area contributed by atoms with Gasteiger partial charge in [0.2, 0.25) is 0 Å². The molecule has 7 nitrogen and oxygen atoms in total. The first-order valence-corrected chi connectivity index (χ1v) is 14.3. The number of benzene rings is 2. The van der Waals surface area contributed by atoms with Crippen molar-refractivity contribution in [2.75, 3.05) is 30.3 Å². The minimum absolute atomic E-state index is 0.0438. The zero-order valence-corrected chi connectivity index (χ0v) is 25.4. The summed E-state index contributed by atoms with van der Waals surface area (Å²) in [4.78, 5) is 18.9. The Morgan fingerprint density at radius 3 is 2.36 bits per heavy atom. The van der Waals surface area contributed by atoms with Crippen LogP contribution in [0.4, 0.5) is 20.3 Å². The van der Waals surface area contributed by atoms with E-state index in [9.17, 15) is 14.3 Å². The maximum Gasteiger partial charge on any atom is 0.337 e. The Bertz CT molecular complexity index is 1430. The highest BCUT2D eigenvalue weighted by atomic mass is 35.5. The maximum atomic E-state index is 15.4. The lowest BCUT2D eigenvalue weighted by molar-refractivity contribution is -0.160. The molecule has 4 rings (SSSR count). The van der Waals surface area contributed by atoms with Crippen molar-refractivity contribution in [1.29, 1.82) is 0 Å². The van der Waals surface area contributed by atoms with E-state index in [4.69, 9.17) is 26.8 Å². The molecule has 0 aliphatic carbocycles. The van der Waals surface area contributed by atoms with Crippen molar-refractivity contribution in [3.8, 4) is 16.9 Å². The molecule has 1 aromatic heterocycles. The van der Waals surface area contributed by atoms with Gasteiger partial charge in [0.15, 0.2) is 17.7 Å². The normalized spacial score (nSPS) is 15.9. The van der Waals surface area contributed by atoms with Gasteiger partial charge in [0.1, 0.15) is 16.8 Å². The number of nitrogen functional groups attached to an aromatic ring is 1. The van der Waals surface area contributed by atoms with Crippen molar-refractivity contribution in [3.63, 3.8) is 0 Å². The van der Waals surface area contributed by atoms with Gasteiger partial charge in [0, 0.05) is 25.1 Å². The van der Waals surface area contributed by atoms with E-state index in [1.165, 1.54) is 24.3 Å². The van der Waals surface area contributed by atoms with Crippen LogP contribution in [-0.4, -0.2) is 41.4 Å². The second kappa shape index (κ2) is 12.4. The minimum atomic E-state index is -1.44. The molecular weight excluding hydrogens is 564 g/mol. The molecule has 226 valence electrons. The van der Waals surface area contributed by atoms with Crippen LogP contribution in [-0.2, 0) is 16.0 Å². The number of anilines is 2. The van der Waals surface area contributed by atoms with Gasteiger partial charge in [-0.1, -0.05) is 43.6 Å². The van der Waals surface area contributed by atoms with E-state index in [1.54, 1.807) is 39.0 Å². The van der Waals surface area contributed by atoms with E-state index in [-0.39, 0.29) is 40.1 Å². The number of aromatic nitrogens is 1. The van der Waals surface area contributed by atoms with Gasteiger partial charge >= 0.3 is 5.97 Å². The molecule has 0 spiro atoms. The van der Waals surface area contributed by atoms with Gasteiger partial charge in [-0.15, -0.1) is 0 Å². The van der Waals surface area contributed by atoms with Crippen molar-refractivity contribution in [3.05, 3.63) is 70.4 Å². The molecule has 3 aromatic rings. The number of nitrogens with two attached hydrogens (primary N) is 1. The minimum Gasteiger partial charge on any atom is -0.490 e. The van der Waals surface area contributed by atoms with E-state index in [1.807, 2.05) is 4.90 Å². The lowest BCUT2D eigenvalue weighted by atomic mass is 9.82. The summed E-state index contributed by atoms with van der Waals surface area (Å²) in [6.45, 7) is 11.1. The van der Waals surface area contributed by atoms with E-state index in [2.05, 4.69) is 18.8 Å². The molecule has 10 heteroatoms. The van der Waals surface area contributed by atoms with Crippen LogP contribution in [0.25, 0.3) is 11.1 Å². The summed E-state index contributed by atoms with van der Waals surface area (Å²) in [5.74, 6) is -2.07. The third kappa shape index (κ3) is 7.50. The number of nitrogens with zero attached hydrogens (tertiary/aromatic N) is 2. The van der Waals surface area contributed by atoms with Crippen molar-refractivity contribution in [2.45, 2.75) is 65.6 Å². The fraction of sp³-hybridized carbons (Fsp3) is 0.438. The number of hydrogen-bond acceptors (Lipinski definition) is 6. The van der Waals surface area contributed by atoms with Crippen LogP contribution in [0.15, 0.2) is 42.5 Å². The first-order chi connectivity index (χ1) is 19.6. The smallest absolute Gasteiger partial charge is 0.337 e. The summed E-state index contributed by atoms with van der Waals surface area (Å²) >= 11 is 6.63. The highest BCUT2D eigenvalue weighted by molar-refractivity contribution is 6.31. The Morgan fingerprint density at radius 1 is 1.14 bits per heavy atom. The molecule has 1 fully saturated rings. The van der Waals surface area contributed by atoms with Gasteiger partial charge in [0.05, 0.1) is 23.5 Å². The molecule has 3 N–H and O–H groups in total. The Balaban J connectivity index is 1.76. The number of carboxylic acid groups (broad SMARTS) is 1. The SMILES string of the molecule is CC1(C)CCN(c2c(-c3ccc(OCCc4ccc(F)cc4)c(F)c3)c(N)nc(Cl)c2C(OC(C)(C)C)C(=O)O)CC1. The molecule has 1 aliphatic rings. The van der Waals surface area contributed by atoms with Gasteiger partial charge in [0.25, 0.3) is 0 Å². The van der Waals surface area contributed by atoms with Gasteiger partial charge in [-0.25, -0.2) is 18.6 Å². The highest BCUT2D eigenvalue weighted by Gasteiger charge is 2.37. The number of aliphatic carboxylic acids is 1. The summed E-state index contributed by atoms with van der Waals surface area (Å²) in [7, 11) is 0. The number of ether oxygens (including phenoxy) is 2. The van der Waals surface area contributed by atoms with Gasteiger partial charge in [-0.3, -0.25) is 0 Å². The maximum absolute atomic E-state index is 15.4. The number of rotatable bonds is 9. The number of pyridine rings is 1. The van der Waals surface area contributed by atoms with Gasteiger partial charge < -0.3 is 25.2 Å². The van der Waals surface area contributed by atoms with E-state index in [0.29, 0.717) is 36.3 Å². The van der Waals surface area contributed by atoms with Crippen molar-refractivity contribution < 1.29 is 28.2 Å². The Hall–Kier alpha value is -3.43. The third-order valence-electron chi connectivity index (χ3n) is 7.36. The van der Waals surface area contributed by atoms with Crippen LogP contribution in [0.1, 0.15) is 64.7 Å². The van der Waals surface area contributed by atoms with Crippen molar-refractivity contribution in [1.82, 2.24) is 4.98 Å². The lowest BCUT2D eigenvalue weighted by Crippen LogP contribution is -2.39. The van der Waals surface area contributed by atoms with E-state index < -0.39 is 23.5 Å². The third-order valence-corrected chi connectivity index (χ3v) is 7.65. The quantitative estimate of drug-likeness (QED) is 0.246. The summed E-state index contributed by atoms with van der Waals surface area (Å²) < 4.78 is 40.3. The standard InChI is InChI=1S/C32H38ClF2N3O4/c1-31(2,3)42-27(30(39)40)25-26(38-15-13-32(4,5)14-16-38)24(29(36)37-28(25)33)20-8-11-23(22(35)18-20)41-17-12-19-6-9-21(34)10-7-19/h6-11,18,27H,12-17H2,1-5H3,(H2,36,37)(H,39,40). The fourth-order valence-corrected chi connectivity index (χ4v) is 5.33. The molecule has 0 amide bonds. The van der Waals surface area contributed by atoms with Crippen LogP contribution in [0.2, 0.25) is 5.15 Å². The first kappa shape index (κ1) is 31.5. The highest BCUT2D eigenvalue weighted by Crippen LogP contribution is 2.47. The van der Waals surface area contributed by atoms with Crippen LogP contribution < -0.4 is 15.4 Å². The number of hydrogen-bond donors (Lipinski definition) is 2. The summed E-state index contributed by atoms with van der Waals surface area (Å²) in [5, 5.41) is 10.2. The molecule has 1 saturated heterocycles. The van der Waals surface area contributed by atoms with Crippen molar-refractivity contribution >= 4 is 29.1 Å².